The van der Waals surface area contributed by atoms with E-state index in [-0.39, 0.29) is 33.9 Å². The van der Waals surface area contributed by atoms with E-state index < -0.39 is 22.1 Å². The fourth-order valence-corrected chi connectivity index (χ4v) is 5.33. The highest BCUT2D eigenvalue weighted by atomic mass is 32.2. The predicted molar refractivity (Wildman–Crippen MR) is 148 cm³/mol. The SMILES string of the molecule is COc1ccccc1CCNC(=O)c1ccc(S(=O)(=O)NC(=O)c2ccc(OC(=O)OC3CCCCC3)nc2)cc1. The second kappa shape index (κ2) is 13.8. The molecule has 2 amide bonds. The lowest BCUT2D eigenvalue weighted by Crippen LogP contribution is -2.31. The molecular weight excluding hydrogens is 550 g/mol. The van der Waals surface area contributed by atoms with Crippen molar-refractivity contribution < 1.29 is 37.0 Å². The Labute approximate surface area is 238 Å². The van der Waals surface area contributed by atoms with Gasteiger partial charge in [0.2, 0.25) is 5.88 Å². The van der Waals surface area contributed by atoms with Crippen LogP contribution in [0, 0.1) is 0 Å². The topological polar surface area (TPSA) is 150 Å². The highest BCUT2D eigenvalue weighted by Crippen LogP contribution is 2.21. The van der Waals surface area contributed by atoms with Crippen molar-refractivity contribution in [1.82, 2.24) is 15.0 Å². The Morgan fingerprint density at radius 1 is 0.902 bits per heavy atom. The summed E-state index contributed by atoms with van der Waals surface area (Å²) in [7, 11) is -2.66. The number of para-hydroxylation sites is 1. The zero-order valence-electron chi connectivity index (χ0n) is 22.5. The molecule has 0 bridgehead atoms. The van der Waals surface area contributed by atoms with Gasteiger partial charge in [0.25, 0.3) is 21.8 Å². The minimum Gasteiger partial charge on any atom is -0.496 e. The molecule has 1 aromatic heterocycles. The first kappa shape index (κ1) is 29.5. The van der Waals surface area contributed by atoms with Crippen LogP contribution in [0.15, 0.2) is 71.8 Å². The van der Waals surface area contributed by atoms with Crippen molar-refractivity contribution >= 4 is 28.0 Å². The summed E-state index contributed by atoms with van der Waals surface area (Å²) in [6.45, 7) is 0.356. The van der Waals surface area contributed by atoms with Crippen molar-refractivity contribution in [2.45, 2.75) is 49.5 Å². The summed E-state index contributed by atoms with van der Waals surface area (Å²) in [6, 6.07) is 15.2. The Bertz CT molecular complexity index is 1470. The average Bonchev–Trinajstić information content (AvgIpc) is 2.98. The molecule has 3 aromatic rings. The van der Waals surface area contributed by atoms with Crippen molar-refractivity contribution in [3.05, 3.63) is 83.6 Å². The number of carbonyl (C=O) groups is 3. The number of nitrogens with one attached hydrogen (secondary N) is 2. The smallest absolute Gasteiger partial charge is 0.496 e. The Balaban J connectivity index is 1.28. The number of methoxy groups -OCH3 is 1. The first-order valence-electron chi connectivity index (χ1n) is 13.2. The van der Waals surface area contributed by atoms with Gasteiger partial charge in [0, 0.05) is 24.4 Å². The van der Waals surface area contributed by atoms with Crippen molar-refractivity contribution in [2.75, 3.05) is 13.7 Å². The summed E-state index contributed by atoms with van der Waals surface area (Å²) in [4.78, 5) is 40.7. The standard InChI is InChI=1S/C29H31N3O8S/c1-38-25-10-6-5-7-20(25)17-18-30-27(33)21-11-14-24(15-12-21)41(36,37)32-28(34)22-13-16-26(31-19-22)40-29(35)39-23-8-3-2-4-9-23/h5-7,10-16,19,23H,2-4,8-9,17-18H2,1H3,(H,30,33)(H,32,34). The number of benzene rings is 2. The van der Waals surface area contributed by atoms with Crippen molar-refractivity contribution in [2.24, 2.45) is 0 Å². The van der Waals surface area contributed by atoms with Crippen LogP contribution in [-0.4, -0.2) is 51.1 Å². The van der Waals surface area contributed by atoms with Crippen molar-refractivity contribution in [3.63, 3.8) is 0 Å². The third kappa shape index (κ3) is 8.27. The molecule has 1 saturated carbocycles. The largest absolute Gasteiger partial charge is 0.515 e. The monoisotopic (exact) mass is 581 g/mol. The molecule has 11 nitrogen and oxygen atoms in total. The van der Waals surface area contributed by atoms with Crippen LogP contribution in [0.5, 0.6) is 11.6 Å². The van der Waals surface area contributed by atoms with Crippen LogP contribution in [0.2, 0.25) is 0 Å². The van der Waals surface area contributed by atoms with E-state index in [1.807, 2.05) is 29.0 Å². The molecule has 0 atom stereocenters. The van der Waals surface area contributed by atoms with Gasteiger partial charge in [0.05, 0.1) is 17.6 Å². The van der Waals surface area contributed by atoms with E-state index in [0.717, 1.165) is 49.6 Å². The number of rotatable bonds is 10. The Morgan fingerprint density at radius 3 is 2.29 bits per heavy atom. The van der Waals surface area contributed by atoms with Crippen LogP contribution < -0.4 is 19.5 Å². The maximum atomic E-state index is 12.7. The van der Waals surface area contributed by atoms with Gasteiger partial charge in [0.1, 0.15) is 11.9 Å². The zero-order chi connectivity index (χ0) is 29.2. The molecule has 1 heterocycles. The minimum absolute atomic E-state index is 0.0624. The summed E-state index contributed by atoms with van der Waals surface area (Å²) in [5.74, 6) is -0.647. The molecule has 216 valence electrons. The average molecular weight is 582 g/mol. The summed E-state index contributed by atoms with van der Waals surface area (Å²) < 4.78 is 43.1. The molecule has 0 aliphatic heterocycles. The van der Waals surface area contributed by atoms with Crippen LogP contribution >= 0.6 is 0 Å². The Hall–Kier alpha value is -4.45. The van der Waals surface area contributed by atoms with Gasteiger partial charge < -0.3 is 19.5 Å². The lowest BCUT2D eigenvalue weighted by atomic mass is 9.98. The van der Waals surface area contributed by atoms with Crippen LogP contribution in [0.1, 0.15) is 58.4 Å². The first-order valence-corrected chi connectivity index (χ1v) is 14.7. The number of aromatic nitrogens is 1. The van der Waals surface area contributed by atoms with E-state index in [4.69, 9.17) is 14.2 Å². The van der Waals surface area contributed by atoms with E-state index in [0.29, 0.717) is 13.0 Å². The number of carbonyl (C=O) groups excluding carboxylic acids is 3. The summed E-state index contributed by atoms with van der Waals surface area (Å²) in [5, 5.41) is 2.79. The molecule has 0 unspecified atom stereocenters. The molecular formula is C29H31N3O8S. The van der Waals surface area contributed by atoms with Gasteiger partial charge >= 0.3 is 6.16 Å². The normalized spacial score (nSPS) is 13.6. The summed E-state index contributed by atoms with van der Waals surface area (Å²) in [6.07, 6.45) is 5.27. The molecule has 0 saturated heterocycles. The van der Waals surface area contributed by atoms with Gasteiger partial charge in [-0.15, -0.1) is 0 Å². The molecule has 12 heteroatoms. The minimum atomic E-state index is -4.23. The first-order chi connectivity index (χ1) is 19.7. The highest BCUT2D eigenvalue weighted by Gasteiger charge is 2.21. The van der Waals surface area contributed by atoms with Crippen molar-refractivity contribution in [3.8, 4) is 11.6 Å². The second-order valence-electron chi connectivity index (χ2n) is 9.39. The van der Waals surface area contributed by atoms with Gasteiger partial charge in [-0.25, -0.2) is 22.9 Å². The highest BCUT2D eigenvalue weighted by molar-refractivity contribution is 7.90. The van der Waals surface area contributed by atoms with E-state index in [1.165, 1.54) is 36.4 Å². The van der Waals surface area contributed by atoms with Crippen LogP contribution in [-0.2, 0) is 21.2 Å². The fourth-order valence-electron chi connectivity index (χ4n) is 4.35. The molecule has 2 N–H and O–H groups in total. The third-order valence-electron chi connectivity index (χ3n) is 6.53. The number of hydrogen-bond donors (Lipinski definition) is 2. The molecule has 1 fully saturated rings. The zero-order valence-corrected chi connectivity index (χ0v) is 23.3. The second-order valence-corrected chi connectivity index (χ2v) is 11.1. The fraction of sp³-hybridized carbons (Fsp3) is 0.310. The number of pyridine rings is 1. The molecule has 1 aliphatic rings. The molecule has 41 heavy (non-hydrogen) atoms. The molecule has 2 aromatic carbocycles. The summed E-state index contributed by atoms with van der Waals surface area (Å²) in [5.41, 5.74) is 1.15. The third-order valence-corrected chi connectivity index (χ3v) is 7.87. The predicted octanol–water partition coefficient (Wildman–Crippen LogP) is 4.03. The van der Waals surface area contributed by atoms with Crippen LogP contribution in [0.25, 0.3) is 0 Å². The lowest BCUT2D eigenvalue weighted by Gasteiger charge is -2.20. The number of sulfonamides is 1. The van der Waals surface area contributed by atoms with Crippen LogP contribution in [0.4, 0.5) is 4.79 Å². The van der Waals surface area contributed by atoms with Gasteiger partial charge in [0.15, 0.2) is 0 Å². The maximum Gasteiger partial charge on any atom is 0.515 e. The molecule has 0 spiro atoms. The molecule has 4 rings (SSSR count). The Kier molecular flexibility index (Phi) is 9.91. The maximum absolute atomic E-state index is 12.7. The van der Waals surface area contributed by atoms with Gasteiger partial charge in [-0.1, -0.05) is 24.6 Å². The van der Waals surface area contributed by atoms with Gasteiger partial charge in [-0.3, -0.25) is 9.59 Å². The lowest BCUT2D eigenvalue weighted by molar-refractivity contribution is 0.0407. The van der Waals surface area contributed by atoms with Gasteiger partial charge in [-0.2, -0.15) is 0 Å². The molecule has 0 radical (unpaired) electrons. The van der Waals surface area contributed by atoms with Crippen LogP contribution in [0.3, 0.4) is 0 Å². The number of nitrogens with zero attached hydrogens (tertiary/aromatic N) is 1. The van der Waals surface area contributed by atoms with E-state index in [1.54, 1.807) is 7.11 Å². The summed E-state index contributed by atoms with van der Waals surface area (Å²) >= 11 is 0. The van der Waals surface area contributed by atoms with E-state index in [9.17, 15) is 22.8 Å². The van der Waals surface area contributed by atoms with E-state index >= 15 is 0 Å². The molecule has 1 aliphatic carbocycles. The number of amides is 2. The van der Waals surface area contributed by atoms with E-state index in [2.05, 4.69) is 10.3 Å². The quantitative estimate of drug-likeness (QED) is 0.338. The van der Waals surface area contributed by atoms with Crippen molar-refractivity contribution in [1.29, 1.82) is 0 Å². The number of ether oxygens (including phenoxy) is 3. The number of hydrogen-bond acceptors (Lipinski definition) is 9. The van der Waals surface area contributed by atoms with Gasteiger partial charge in [-0.05, 0) is 74.1 Å². The Morgan fingerprint density at radius 2 is 1.61 bits per heavy atom.